The predicted molar refractivity (Wildman–Crippen MR) is 117 cm³/mol. The summed E-state index contributed by atoms with van der Waals surface area (Å²) in [5, 5.41) is 2.76. The summed E-state index contributed by atoms with van der Waals surface area (Å²) in [6, 6.07) is 11.2. The minimum absolute atomic E-state index is 0. The first-order valence-electron chi connectivity index (χ1n) is 8.88. The van der Waals surface area contributed by atoms with E-state index in [-0.39, 0.29) is 46.0 Å². The zero-order valence-electron chi connectivity index (χ0n) is 17.2. The summed E-state index contributed by atoms with van der Waals surface area (Å²) in [5.41, 5.74) is 0.697. The molecule has 0 atom stereocenters. The number of para-hydroxylation sites is 1. The molecule has 11 nitrogen and oxygen atoms in total. The second-order valence-corrected chi connectivity index (χ2v) is 11.1. The van der Waals surface area contributed by atoms with Crippen LogP contribution in [0.5, 0.6) is 0 Å². The number of nitrogens with one attached hydrogen (secondary N) is 1. The first-order valence-corrected chi connectivity index (χ1v) is 13.2. The molecule has 0 saturated heterocycles. The van der Waals surface area contributed by atoms with Crippen molar-refractivity contribution in [2.75, 3.05) is 5.32 Å². The second-order valence-electron chi connectivity index (χ2n) is 6.90. The van der Waals surface area contributed by atoms with Crippen molar-refractivity contribution in [1.82, 2.24) is 4.98 Å². The van der Waals surface area contributed by atoms with Crippen molar-refractivity contribution in [3.63, 3.8) is 0 Å². The zero-order valence-corrected chi connectivity index (χ0v) is 21.6. The number of pyridine rings is 1. The molecule has 172 valence electrons. The summed E-state index contributed by atoms with van der Waals surface area (Å²) in [5.74, 6) is 0. The molecule has 0 bridgehead atoms. The van der Waals surface area contributed by atoms with Gasteiger partial charge in [-0.05, 0) is 41.8 Å². The van der Waals surface area contributed by atoms with Gasteiger partial charge in [-0.15, -0.1) is 0 Å². The Balaban J connectivity index is 0.00000324. The summed E-state index contributed by atoms with van der Waals surface area (Å²) in [6.45, 7) is 0. The van der Waals surface area contributed by atoms with E-state index in [1.54, 1.807) is 24.3 Å². The molecule has 0 unspecified atom stereocenters. The Hall–Kier alpha value is -2.14. The molecule has 4 aromatic rings. The monoisotopic (exact) mass is 532 g/mol. The van der Waals surface area contributed by atoms with Gasteiger partial charge in [0.1, 0.15) is 15.0 Å². The van der Waals surface area contributed by atoms with E-state index >= 15 is 0 Å². The van der Waals surface area contributed by atoms with E-state index in [4.69, 9.17) is 0 Å². The van der Waals surface area contributed by atoms with Gasteiger partial charge in [0.15, 0.2) is 0 Å². The van der Waals surface area contributed by atoms with Crippen molar-refractivity contribution in [1.29, 1.82) is 0 Å². The van der Waals surface area contributed by atoms with Crippen LogP contribution in [-0.4, -0.2) is 43.9 Å². The number of anilines is 2. The molecule has 0 saturated carbocycles. The molecule has 1 heterocycles. The van der Waals surface area contributed by atoms with Gasteiger partial charge >= 0.3 is 29.6 Å². The van der Waals surface area contributed by atoms with Gasteiger partial charge in [0.25, 0.3) is 20.2 Å². The van der Waals surface area contributed by atoms with Crippen LogP contribution >= 0.6 is 0 Å². The third kappa shape index (κ3) is 5.25. The Morgan fingerprint density at radius 2 is 1.44 bits per heavy atom. The molecule has 3 aromatic carbocycles. The van der Waals surface area contributed by atoms with Gasteiger partial charge in [-0.25, -0.2) is 8.42 Å². The number of aromatic nitrogens is 1. The zero-order chi connectivity index (χ0) is 24.2. The number of fused-ring (bicyclic) bond motifs is 2. The SMILES string of the molecule is O=S(=O)([O-])c1cc(S(=O)(=O)O)c2c(Nc3ccnc4ccccc34)cc(S(=O)(=O)O)cc2c1.[Na+]. The molecular formula is C19H13N2NaO9S3. The molecule has 0 aliphatic carbocycles. The van der Waals surface area contributed by atoms with Crippen LogP contribution in [-0.2, 0) is 30.4 Å². The maximum absolute atomic E-state index is 12.1. The smallest absolute Gasteiger partial charge is 0.744 e. The average molecular weight is 533 g/mol. The second kappa shape index (κ2) is 9.14. The van der Waals surface area contributed by atoms with Crippen molar-refractivity contribution in [2.24, 2.45) is 0 Å². The van der Waals surface area contributed by atoms with Crippen LogP contribution in [0.25, 0.3) is 21.7 Å². The van der Waals surface area contributed by atoms with Crippen LogP contribution < -0.4 is 34.9 Å². The molecule has 0 fully saturated rings. The topological polar surface area (TPSA) is 191 Å². The van der Waals surface area contributed by atoms with Gasteiger partial charge in [0, 0.05) is 28.3 Å². The fourth-order valence-electron chi connectivity index (χ4n) is 3.37. The van der Waals surface area contributed by atoms with Crippen molar-refractivity contribution >= 4 is 63.4 Å². The number of rotatable bonds is 5. The molecule has 0 aliphatic heterocycles. The summed E-state index contributed by atoms with van der Waals surface area (Å²) in [6.07, 6.45) is 1.44. The van der Waals surface area contributed by atoms with Gasteiger partial charge in [0.2, 0.25) is 0 Å². The maximum Gasteiger partial charge on any atom is 1.00 e. The van der Waals surface area contributed by atoms with Crippen LogP contribution in [0.15, 0.2) is 75.5 Å². The molecular weight excluding hydrogens is 519 g/mol. The van der Waals surface area contributed by atoms with E-state index in [0.717, 1.165) is 18.2 Å². The summed E-state index contributed by atoms with van der Waals surface area (Å²) >= 11 is 0. The molecule has 0 amide bonds. The number of nitrogens with zero attached hydrogens (tertiary/aromatic N) is 1. The van der Waals surface area contributed by atoms with Crippen molar-refractivity contribution < 1.29 is 68.5 Å². The normalized spacial score (nSPS) is 12.4. The fourth-order valence-corrected chi connectivity index (χ4v) is 5.28. The maximum atomic E-state index is 12.1. The van der Waals surface area contributed by atoms with Crippen LogP contribution in [0.3, 0.4) is 0 Å². The van der Waals surface area contributed by atoms with Crippen molar-refractivity contribution in [3.8, 4) is 0 Å². The molecule has 1 aromatic heterocycles. The van der Waals surface area contributed by atoms with E-state index < -0.39 is 45.0 Å². The molecule has 0 aliphatic rings. The van der Waals surface area contributed by atoms with E-state index in [0.29, 0.717) is 22.7 Å². The third-order valence-corrected chi connectivity index (χ3v) is 7.26. The quantitative estimate of drug-likeness (QED) is 0.222. The number of hydrogen-bond acceptors (Lipinski definition) is 9. The summed E-state index contributed by atoms with van der Waals surface area (Å²) in [4.78, 5) is 1.51. The first kappa shape index (κ1) is 26.5. The van der Waals surface area contributed by atoms with Crippen molar-refractivity contribution in [3.05, 3.63) is 60.8 Å². The van der Waals surface area contributed by atoms with E-state index in [1.807, 2.05) is 0 Å². The largest absolute Gasteiger partial charge is 1.00 e. The van der Waals surface area contributed by atoms with Crippen LogP contribution in [0.1, 0.15) is 0 Å². The molecule has 34 heavy (non-hydrogen) atoms. The fraction of sp³-hybridized carbons (Fsp3) is 0. The van der Waals surface area contributed by atoms with E-state index in [2.05, 4.69) is 10.3 Å². The Bertz CT molecular complexity index is 1760. The number of hydrogen-bond donors (Lipinski definition) is 3. The van der Waals surface area contributed by atoms with Crippen LogP contribution in [0.4, 0.5) is 11.4 Å². The standard InChI is InChI=1S/C19H14N2O9S3.Na/c22-31(23,24)12-7-11-8-13(32(25,26)27)10-18(33(28,29)30)19(11)17(9-12)21-16-5-6-20-15-4-2-1-3-14(15)16;/h1-10H,(H,20,21)(H,22,23,24)(H,25,26,27)(H,28,29,30);/q;+1/p-1. The molecule has 3 N–H and O–H groups in total. The molecule has 4 rings (SSSR count). The number of benzene rings is 3. The third-order valence-electron chi connectivity index (χ3n) is 4.74. The summed E-state index contributed by atoms with van der Waals surface area (Å²) in [7, 11) is -15.1. The van der Waals surface area contributed by atoms with E-state index in [9.17, 15) is 38.9 Å². The minimum atomic E-state index is -5.19. The Morgan fingerprint density at radius 3 is 2.06 bits per heavy atom. The van der Waals surface area contributed by atoms with Crippen LogP contribution in [0, 0.1) is 0 Å². The first-order chi connectivity index (χ1) is 15.2. The van der Waals surface area contributed by atoms with Crippen LogP contribution in [0.2, 0.25) is 0 Å². The van der Waals surface area contributed by atoms with Gasteiger partial charge in [-0.2, -0.15) is 16.8 Å². The molecule has 0 spiro atoms. The predicted octanol–water partition coefficient (Wildman–Crippen LogP) is -0.467. The van der Waals surface area contributed by atoms with Gasteiger partial charge < -0.3 is 9.87 Å². The Labute approximate surface area is 216 Å². The average Bonchev–Trinajstić information content (AvgIpc) is 2.71. The van der Waals surface area contributed by atoms with Gasteiger partial charge in [-0.1, -0.05) is 18.2 Å². The molecule has 0 radical (unpaired) electrons. The Kier molecular flexibility index (Phi) is 7.12. The van der Waals surface area contributed by atoms with Gasteiger partial charge in [-0.3, -0.25) is 14.1 Å². The minimum Gasteiger partial charge on any atom is -0.744 e. The Morgan fingerprint density at radius 1 is 0.794 bits per heavy atom. The van der Waals surface area contributed by atoms with E-state index in [1.165, 1.54) is 12.3 Å². The summed E-state index contributed by atoms with van der Waals surface area (Å²) < 4.78 is 102. The van der Waals surface area contributed by atoms with Crippen molar-refractivity contribution in [2.45, 2.75) is 14.7 Å². The molecule has 15 heteroatoms. The van der Waals surface area contributed by atoms with Gasteiger partial charge in [0.05, 0.1) is 15.3 Å².